The van der Waals surface area contributed by atoms with Crippen LogP contribution in [0.5, 0.6) is 5.75 Å². The maximum absolute atomic E-state index is 13.3. The summed E-state index contributed by atoms with van der Waals surface area (Å²) in [6.07, 6.45) is 0. The van der Waals surface area contributed by atoms with Gasteiger partial charge in [-0.25, -0.2) is 4.39 Å². The van der Waals surface area contributed by atoms with Crippen molar-refractivity contribution < 1.29 is 18.4 Å². The zero-order chi connectivity index (χ0) is 18.5. The first-order chi connectivity index (χ1) is 12.6. The molecule has 26 heavy (non-hydrogen) atoms. The standard InChI is InChI=1S/C19H17FN2O3S/c1-12-9-14(25-22-12)11-26-18-6-4-3-5-15(18)19(23)21-16-8-7-13(20)10-17(16)24-2/h3-10H,11H2,1-2H3,(H,21,23). The Morgan fingerprint density at radius 2 is 2.08 bits per heavy atom. The molecule has 0 aliphatic rings. The maximum Gasteiger partial charge on any atom is 0.256 e. The molecule has 3 rings (SSSR count). The molecule has 0 saturated heterocycles. The Morgan fingerprint density at radius 1 is 1.27 bits per heavy atom. The molecule has 0 spiro atoms. The molecule has 0 radical (unpaired) electrons. The third-order valence-corrected chi connectivity index (χ3v) is 4.69. The molecular formula is C19H17FN2O3S. The number of nitrogens with one attached hydrogen (secondary N) is 1. The van der Waals surface area contributed by atoms with Gasteiger partial charge in [0.25, 0.3) is 5.91 Å². The highest BCUT2D eigenvalue weighted by molar-refractivity contribution is 7.98. The van der Waals surface area contributed by atoms with Crippen molar-refractivity contribution in [1.29, 1.82) is 0 Å². The number of anilines is 1. The summed E-state index contributed by atoms with van der Waals surface area (Å²) in [7, 11) is 1.42. The molecule has 3 aromatic rings. The minimum absolute atomic E-state index is 0.264. The Labute approximate surface area is 154 Å². The summed E-state index contributed by atoms with van der Waals surface area (Å²) in [4.78, 5) is 13.5. The van der Waals surface area contributed by atoms with E-state index < -0.39 is 5.82 Å². The lowest BCUT2D eigenvalue weighted by Crippen LogP contribution is -2.13. The Balaban J connectivity index is 1.77. The number of halogens is 1. The second kappa shape index (κ2) is 8.05. The minimum Gasteiger partial charge on any atom is -0.494 e. The Morgan fingerprint density at radius 3 is 2.81 bits per heavy atom. The molecule has 2 aromatic carbocycles. The fraction of sp³-hybridized carbons (Fsp3) is 0.158. The van der Waals surface area contributed by atoms with Crippen LogP contribution in [0.4, 0.5) is 10.1 Å². The number of aryl methyl sites for hydroxylation is 1. The van der Waals surface area contributed by atoms with Crippen molar-refractivity contribution in [1.82, 2.24) is 5.16 Å². The van der Waals surface area contributed by atoms with Crippen molar-refractivity contribution in [3.63, 3.8) is 0 Å². The van der Waals surface area contributed by atoms with Gasteiger partial charge in [0, 0.05) is 17.0 Å². The van der Waals surface area contributed by atoms with Crippen LogP contribution in [0.15, 0.2) is 57.9 Å². The molecule has 1 heterocycles. The van der Waals surface area contributed by atoms with E-state index in [1.165, 1.54) is 37.1 Å². The van der Waals surface area contributed by atoms with Crippen molar-refractivity contribution >= 4 is 23.4 Å². The first kappa shape index (κ1) is 18.0. The van der Waals surface area contributed by atoms with Gasteiger partial charge in [-0.3, -0.25) is 4.79 Å². The summed E-state index contributed by atoms with van der Waals surface area (Å²) in [5, 5.41) is 6.62. The Kier molecular flexibility index (Phi) is 5.58. The zero-order valence-corrected chi connectivity index (χ0v) is 15.1. The zero-order valence-electron chi connectivity index (χ0n) is 14.3. The van der Waals surface area contributed by atoms with Gasteiger partial charge in [0.15, 0.2) is 0 Å². The maximum atomic E-state index is 13.3. The number of aromatic nitrogens is 1. The summed E-state index contributed by atoms with van der Waals surface area (Å²) in [6, 6.07) is 13.1. The molecule has 0 atom stereocenters. The molecule has 7 heteroatoms. The number of thioether (sulfide) groups is 1. The quantitative estimate of drug-likeness (QED) is 0.637. The van der Waals surface area contributed by atoms with E-state index >= 15 is 0 Å². The van der Waals surface area contributed by atoms with Gasteiger partial charge in [0.2, 0.25) is 0 Å². The SMILES string of the molecule is COc1cc(F)ccc1NC(=O)c1ccccc1SCc1cc(C)no1. The number of benzene rings is 2. The van der Waals surface area contributed by atoms with E-state index in [0.717, 1.165) is 16.3 Å². The van der Waals surface area contributed by atoms with Crippen LogP contribution in [-0.4, -0.2) is 18.2 Å². The minimum atomic E-state index is -0.432. The van der Waals surface area contributed by atoms with Crippen molar-refractivity contribution in [2.45, 2.75) is 17.6 Å². The van der Waals surface area contributed by atoms with E-state index in [1.54, 1.807) is 12.1 Å². The van der Waals surface area contributed by atoms with Crippen LogP contribution >= 0.6 is 11.8 Å². The van der Waals surface area contributed by atoms with E-state index in [-0.39, 0.29) is 11.7 Å². The molecule has 0 fully saturated rings. The van der Waals surface area contributed by atoms with Crippen LogP contribution in [-0.2, 0) is 5.75 Å². The summed E-state index contributed by atoms with van der Waals surface area (Å²) in [6.45, 7) is 1.86. The van der Waals surface area contributed by atoms with Gasteiger partial charge >= 0.3 is 0 Å². The van der Waals surface area contributed by atoms with Gasteiger partial charge in [-0.1, -0.05) is 17.3 Å². The van der Waals surface area contributed by atoms with Crippen LogP contribution in [0.2, 0.25) is 0 Å². The average Bonchev–Trinajstić information content (AvgIpc) is 3.07. The second-order valence-electron chi connectivity index (χ2n) is 5.52. The van der Waals surface area contributed by atoms with Gasteiger partial charge in [0.1, 0.15) is 17.3 Å². The highest BCUT2D eigenvalue weighted by atomic mass is 32.2. The normalized spacial score (nSPS) is 10.6. The molecule has 0 bridgehead atoms. The number of nitrogens with zero attached hydrogens (tertiary/aromatic N) is 1. The van der Waals surface area contributed by atoms with Crippen LogP contribution in [0, 0.1) is 12.7 Å². The predicted molar refractivity (Wildman–Crippen MR) is 98.1 cm³/mol. The highest BCUT2D eigenvalue weighted by Gasteiger charge is 2.15. The largest absolute Gasteiger partial charge is 0.494 e. The summed E-state index contributed by atoms with van der Waals surface area (Å²) in [5.74, 6) is 0.832. The average molecular weight is 372 g/mol. The van der Waals surface area contributed by atoms with Gasteiger partial charge in [-0.05, 0) is 31.2 Å². The molecule has 0 aliphatic carbocycles. The van der Waals surface area contributed by atoms with Crippen molar-refractivity contribution in [3.05, 3.63) is 71.4 Å². The lowest BCUT2D eigenvalue weighted by molar-refractivity contribution is 0.102. The van der Waals surface area contributed by atoms with Crippen molar-refractivity contribution in [3.8, 4) is 5.75 Å². The Bertz CT molecular complexity index is 927. The van der Waals surface area contributed by atoms with E-state index in [1.807, 2.05) is 25.1 Å². The van der Waals surface area contributed by atoms with Gasteiger partial charge < -0.3 is 14.6 Å². The monoisotopic (exact) mass is 372 g/mol. The van der Waals surface area contributed by atoms with Gasteiger partial charge in [0.05, 0.1) is 29.8 Å². The third-order valence-electron chi connectivity index (χ3n) is 3.59. The van der Waals surface area contributed by atoms with Crippen LogP contribution in [0.1, 0.15) is 21.8 Å². The first-order valence-corrected chi connectivity index (χ1v) is 8.84. The first-order valence-electron chi connectivity index (χ1n) is 7.85. The van der Waals surface area contributed by atoms with E-state index in [9.17, 15) is 9.18 Å². The molecule has 1 N–H and O–H groups in total. The Hall–Kier alpha value is -2.80. The van der Waals surface area contributed by atoms with E-state index in [0.29, 0.717) is 17.0 Å². The fourth-order valence-corrected chi connectivity index (χ4v) is 3.30. The molecule has 134 valence electrons. The molecule has 5 nitrogen and oxygen atoms in total. The molecule has 0 unspecified atom stereocenters. The number of hydrogen-bond donors (Lipinski definition) is 1. The smallest absolute Gasteiger partial charge is 0.256 e. The number of carbonyl (C=O) groups excluding carboxylic acids is 1. The van der Waals surface area contributed by atoms with Crippen molar-refractivity contribution in [2.24, 2.45) is 0 Å². The van der Waals surface area contributed by atoms with Gasteiger partial charge in [-0.2, -0.15) is 0 Å². The number of amides is 1. The van der Waals surface area contributed by atoms with E-state index in [4.69, 9.17) is 9.26 Å². The van der Waals surface area contributed by atoms with Gasteiger partial charge in [-0.15, -0.1) is 11.8 Å². The molecule has 0 aliphatic heterocycles. The lowest BCUT2D eigenvalue weighted by Gasteiger charge is -2.12. The molecule has 0 saturated carbocycles. The second-order valence-corrected chi connectivity index (χ2v) is 6.54. The number of rotatable bonds is 6. The number of hydrogen-bond acceptors (Lipinski definition) is 5. The third kappa shape index (κ3) is 4.23. The topological polar surface area (TPSA) is 64.4 Å². The summed E-state index contributed by atoms with van der Waals surface area (Å²) < 4.78 is 23.6. The fourth-order valence-electron chi connectivity index (χ4n) is 2.37. The number of ether oxygens (including phenoxy) is 1. The molecule has 1 amide bonds. The number of methoxy groups -OCH3 is 1. The summed E-state index contributed by atoms with van der Waals surface area (Å²) >= 11 is 1.48. The lowest BCUT2D eigenvalue weighted by atomic mass is 10.2. The number of carbonyl (C=O) groups is 1. The molecular weight excluding hydrogens is 355 g/mol. The van der Waals surface area contributed by atoms with Crippen LogP contribution in [0.25, 0.3) is 0 Å². The molecule has 1 aromatic heterocycles. The van der Waals surface area contributed by atoms with Crippen molar-refractivity contribution in [2.75, 3.05) is 12.4 Å². The van der Waals surface area contributed by atoms with Crippen LogP contribution < -0.4 is 10.1 Å². The summed E-state index contributed by atoms with van der Waals surface area (Å²) in [5.41, 5.74) is 1.74. The van der Waals surface area contributed by atoms with Crippen LogP contribution in [0.3, 0.4) is 0 Å². The van der Waals surface area contributed by atoms with E-state index in [2.05, 4.69) is 10.5 Å². The highest BCUT2D eigenvalue weighted by Crippen LogP contribution is 2.29. The predicted octanol–water partition coefficient (Wildman–Crippen LogP) is 4.68.